The maximum absolute atomic E-state index is 13.7. The van der Waals surface area contributed by atoms with E-state index < -0.39 is 47.7 Å². The fourth-order valence-electron chi connectivity index (χ4n) is 5.47. The smallest absolute Gasteiger partial charge is 0.287 e. The van der Waals surface area contributed by atoms with Crippen LogP contribution in [0.15, 0.2) is 54.6 Å². The minimum Gasteiger partial charge on any atom is -0.508 e. The van der Waals surface area contributed by atoms with E-state index in [1.54, 1.807) is 12.1 Å². The van der Waals surface area contributed by atoms with Gasteiger partial charge in [-0.3, -0.25) is 24.0 Å². The Morgan fingerprint density at radius 2 is 1.40 bits per heavy atom. The highest BCUT2D eigenvalue weighted by atomic mass is 16.3. The van der Waals surface area contributed by atoms with Gasteiger partial charge in [0, 0.05) is 19.5 Å². The van der Waals surface area contributed by atoms with Crippen LogP contribution in [0.2, 0.25) is 0 Å². The second-order valence-electron chi connectivity index (χ2n) is 10.3. The molecule has 0 bridgehead atoms. The number of Topliss-reactive ketones (excluding diaryl/α,β-unsaturated/α-hetero) is 1. The van der Waals surface area contributed by atoms with Gasteiger partial charge in [-0.1, -0.05) is 42.5 Å². The number of rotatable bonds is 10. The van der Waals surface area contributed by atoms with Crippen LogP contribution >= 0.6 is 0 Å². The topological polar surface area (TPSA) is 176 Å². The number of carbonyl (C=O) groups is 5. The van der Waals surface area contributed by atoms with Gasteiger partial charge in [-0.2, -0.15) is 0 Å². The van der Waals surface area contributed by atoms with E-state index in [2.05, 4.69) is 5.32 Å². The van der Waals surface area contributed by atoms with Gasteiger partial charge in [0.15, 0.2) is 0 Å². The van der Waals surface area contributed by atoms with Crippen LogP contribution in [0.3, 0.4) is 0 Å². The molecule has 0 saturated carbocycles. The van der Waals surface area contributed by atoms with E-state index in [1.807, 2.05) is 30.3 Å². The maximum Gasteiger partial charge on any atom is 0.287 e. The Bertz CT molecular complexity index is 1250. The summed E-state index contributed by atoms with van der Waals surface area (Å²) in [6.45, 7) is 0.628. The van der Waals surface area contributed by atoms with Crippen molar-refractivity contribution in [3.05, 3.63) is 65.7 Å². The standard InChI is InChI=1S/C29H35N5O6/c30-21(16-19-10-12-20(35)13-11-19)28(39)34-15-5-9-24(34)27(38)32-22(17-18-6-2-1-3-7-18)29(40)33-14-4-8-23(33)25(36)26(31)37/h1-3,6-7,10-13,21-24,35H,4-5,8-9,14-17,30H2,(H2,31,37)(H,32,38)/t21-,22-,23-,24-/m0/s1. The van der Waals surface area contributed by atoms with Gasteiger partial charge in [0.05, 0.1) is 6.04 Å². The molecule has 0 aliphatic carbocycles. The molecular formula is C29H35N5O6. The first-order valence-corrected chi connectivity index (χ1v) is 13.5. The molecule has 0 radical (unpaired) electrons. The van der Waals surface area contributed by atoms with E-state index in [1.165, 1.54) is 21.9 Å². The van der Waals surface area contributed by atoms with Crippen molar-refractivity contribution < 1.29 is 29.1 Å². The first-order chi connectivity index (χ1) is 19.2. The summed E-state index contributed by atoms with van der Waals surface area (Å²) in [6, 6.07) is 11.9. The molecule has 0 aromatic heterocycles. The molecule has 4 rings (SSSR count). The maximum atomic E-state index is 13.7. The molecular weight excluding hydrogens is 514 g/mol. The largest absolute Gasteiger partial charge is 0.508 e. The number of ketones is 1. The summed E-state index contributed by atoms with van der Waals surface area (Å²) in [7, 11) is 0. The fraction of sp³-hybridized carbons (Fsp3) is 0.414. The van der Waals surface area contributed by atoms with Crippen LogP contribution in [-0.4, -0.2) is 81.6 Å². The number of nitrogens with two attached hydrogens (primary N) is 2. The van der Waals surface area contributed by atoms with Crippen LogP contribution in [0.5, 0.6) is 5.75 Å². The molecule has 2 aliphatic heterocycles. The van der Waals surface area contributed by atoms with Gasteiger partial charge in [0.2, 0.25) is 23.5 Å². The molecule has 212 valence electrons. The number of phenols is 1. The summed E-state index contributed by atoms with van der Waals surface area (Å²) in [6.07, 6.45) is 2.29. The van der Waals surface area contributed by atoms with E-state index in [4.69, 9.17) is 11.5 Å². The number of carbonyl (C=O) groups excluding carboxylic acids is 5. The zero-order valence-corrected chi connectivity index (χ0v) is 22.2. The lowest BCUT2D eigenvalue weighted by molar-refractivity contribution is -0.145. The molecule has 0 spiro atoms. The van der Waals surface area contributed by atoms with Crippen molar-refractivity contribution in [2.45, 2.75) is 62.7 Å². The lowest BCUT2D eigenvalue weighted by Gasteiger charge is -2.31. The Labute approximate surface area is 232 Å². The van der Waals surface area contributed by atoms with Crippen molar-refractivity contribution in [1.29, 1.82) is 0 Å². The highest BCUT2D eigenvalue weighted by Gasteiger charge is 2.41. The molecule has 40 heavy (non-hydrogen) atoms. The Morgan fingerprint density at radius 3 is 2.02 bits per heavy atom. The number of aromatic hydroxyl groups is 1. The second-order valence-corrected chi connectivity index (χ2v) is 10.3. The lowest BCUT2D eigenvalue weighted by atomic mass is 10.0. The molecule has 2 fully saturated rings. The summed E-state index contributed by atoms with van der Waals surface area (Å²) in [4.78, 5) is 67.2. The van der Waals surface area contributed by atoms with Crippen molar-refractivity contribution in [2.24, 2.45) is 11.5 Å². The van der Waals surface area contributed by atoms with Gasteiger partial charge in [-0.15, -0.1) is 0 Å². The van der Waals surface area contributed by atoms with Crippen molar-refractivity contribution in [3.8, 4) is 5.75 Å². The average Bonchev–Trinajstić information content (AvgIpc) is 3.63. The van der Waals surface area contributed by atoms with Gasteiger partial charge in [-0.25, -0.2) is 0 Å². The Kier molecular flexibility index (Phi) is 9.15. The van der Waals surface area contributed by atoms with Gasteiger partial charge in [0.1, 0.15) is 23.9 Å². The number of primary amides is 1. The zero-order chi connectivity index (χ0) is 28.8. The number of benzene rings is 2. The molecule has 2 aromatic carbocycles. The van der Waals surface area contributed by atoms with Crippen LogP contribution in [-0.2, 0) is 36.8 Å². The highest BCUT2D eigenvalue weighted by molar-refractivity contribution is 6.38. The van der Waals surface area contributed by atoms with Gasteiger partial charge < -0.3 is 31.7 Å². The number of likely N-dealkylation sites (tertiary alicyclic amines) is 2. The summed E-state index contributed by atoms with van der Waals surface area (Å²) < 4.78 is 0. The van der Waals surface area contributed by atoms with Crippen LogP contribution in [0.4, 0.5) is 0 Å². The first-order valence-electron chi connectivity index (χ1n) is 13.5. The van der Waals surface area contributed by atoms with Crippen molar-refractivity contribution in [2.75, 3.05) is 13.1 Å². The normalized spacial score (nSPS) is 20.1. The quantitative estimate of drug-likeness (QED) is 0.302. The van der Waals surface area contributed by atoms with Crippen LogP contribution in [0, 0.1) is 0 Å². The van der Waals surface area contributed by atoms with Crippen LogP contribution < -0.4 is 16.8 Å². The van der Waals surface area contributed by atoms with E-state index in [0.29, 0.717) is 32.2 Å². The Balaban J connectivity index is 1.49. The predicted molar refractivity (Wildman–Crippen MR) is 146 cm³/mol. The van der Waals surface area contributed by atoms with Gasteiger partial charge >= 0.3 is 0 Å². The van der Waals surface area contributed by atoms with Crippen molar-refractivity contribution >= 4 is 29.4 Å². The fourth-order valence-corrected chi connectivity index (χ4v) is 5.47. The van der Waals surface area contributed by atoms with Crippen molar-refractivity contribution in [1.82, 2.24) is 15.1 Å². The number of nitrogens with one attached hydrogen (secondary N) is 1. The monoisotopic (exact) mass is 549 g/mol. The number of phenolic OH excluding ortho intramolecular Hbond substituents is 1. The summed E-state index contributed by atoms with van der Waals surface area (Å²) in [5, 5.41) is 12.3. The zero-order valence-electron chi connectivity index (χ0n) is 22.2. The third-order valence-electron chi connectivity index (χ3n) is 7.53. The van der Waals surface area contributed by atoms with Crippen LogP contribution in [0.25, 0.3) is 0 Å². The minimum atomic E-state index is -1.10. The molecule has 11 heteroatoms. The lowest BCUT2D eigenvalue weighted by Crippen LogP contribution is -2.57. The number of nitrogens with zero attached hydrogens (tertiary/aromatic N) is 2. The molecule has 0 unspecified atom stereocenters. The SMILES string of the molecule is NC(=O)C(=O)[C@@H]1CCCN1C(=O)[C@H](Cc1ccccc1)NC(=O)[C@@H]1CCCN1C(=O)[C@@H](N)Cc1ccc(O)cc1. The molecule has 2 heterocycles. The van der Waals surface area contributed by atoms with Gasteiger partial charge in [0.25, 0.3) is 5.91 Å². The Morgan fingerprint density at radius 1 is 0.825 bits per heavy atom. The van der Waals surface area contributed by atoms with E-state index in [-0.39, 0.29) is 31.0 Å². The third-order valence-corrected chi connectivity index (χ3v) is 7.53. The van der Waals surface area contributed by atoms with E-state index in [0.717, 1.165) is 11.1 Å². The highest BCUT2D eigenvalue weighted by Crippen LogP contribution is 2.23. The van der Waals surface area contributed by atoms with Crippen molar-refractivity contribution in [3.63, 3.8) is 0 Å². The minimum absolute atomic E-state index is 0.110. The average molecular weight is 550 g/mol. The molecule has 2 saturated heterocycles. The molecule has 2 aromatic rings. The number of hydrogen-bond donors (Lipinski definition) is 4. The number of amides is 4. The molecule has 4 atom stereocenters. The molecule has 2 aliphatic rings. The second kappa shape index (κ2) is 12.7. The predicted octanol–water partition coefficient (Wildman–Crippen LogP) is 0.0259. The summed E-state index contributed by atoms with van der Waals surface area (Å²) >= 11 is 0. The third kappa shape index (κ3) is 6.66. The Hall–Kier alpha value is -4.25. The summed E-state index contributed by atoms with van der Waals surface area (Å²) in [5.41, 5.74) is 13.0. The molecule has 11 nitrogen and oxygen atoms in total. The first kappa shape index (κ1) is 28.8. The number of hydrogen-bond acceptors (Lipinski definition) is 7. The van der Waals surface area contributed by atoms with E-state index >= 15 is 0 Å². The molecule has 6 N–H and O–H groups in total. The van der Waals surface area contributed by atoms with Gasteiger partial charge in [-0.05, 0) is 55.4 Å². The van der Waals surface area contributed by atoms with Crippen LogP contribution in [0.1, 0.15) is 36.8 Å². The summed E-state index contributed by atoms with van der Waals surface area (Å²) in [5.74, 6) is -3.15. The molecule has 4 amide bonds. The van der Waals surface area contributed by atoms with E-state index in [9.17, 15) is 29.1 Å².